The summed E-state index contributed by atoms with van der Waals surface area (Å²) in [5.41, 5.74) is 0. The summed E-state index contributed by atoms with van der Waals surface area (Å²) < 4.78 is 2.15. The maximum Gasteiger partial charge on any atom is 0.223 e. The topological polar surface area (TPSA) is 59.8 Å². The van der Waals surface area contributed by atoms with Crippen LogP contribution in [0, 0.1) is 5.92 Å². The lowest BCUT2D eigenvalue weighted by Gasteiger charge is -2.16. The molecule has 1 aromatic heterocycles. The molecule has 1 unspecified atom stereocenters. The molecule has 2 heterocycles. The average Bonchev–Trinajstić information content (AvgIpc) is 3.06. The van der Waals surface area contributed by atoms with E-state index in [4.69, 9.17) is 0 Å². The molecule has 18 heavy (non-hydrogen) atoms. The predicted molar refractivity (Wildman–Crippen MR) is 66.9 cm³/mol. The van der Waals surface area contributed by atoms with E-state index in [0.29, 0.717) is 0 Å². The molecule has 1 atom stereocenters. The predicted octanol–water partition coefficient (Wildman–Crippen LogP) is 1.59. The van der Waals surface area contributed by atoms with Crippen molar-refractivity contribution in [3.8, 4) is 0 Å². The van der Waals surface area contributed by atoms with Gasteiger partial charge in [-0.25, -0.2) is 0 Å². The van der Waals surface area contributed by atoms with E-state index in [-0.39, 0.29) is 17.9 Å². The van der Waals surface area contributed by atoms with Crippen molar-refractivity contribution in [2.24, 2.45) is 5.92 Å². The molecule has 0 bridgehead atoms. The first-order valence-corrected chi connectivity index (χ1v) is 6.98. The number of aryl methyl sites for hydroxylation is 1. The molecule has 0 aromatic carbocycles. The second-order valence-electron chi connectivity index (χ2n) is 5.44. The van der Waals surface area contributed by atoms with E-state index in [1.807, 2.05) is 6.92 Å². The second-order valence-corrected chi connectivity index (χ2v) is 5.44. The Hall–Kier alpha value is -1.39. The maximum atomic E-state index is 12.1. The number of carbonyl (C=O) groups excluding carboxylic acids is 1. The smallest absolute Gasteiger partial charge is 0.223 e. The molecule has 1 saturated carbocycles. The molecule has 1 fully saturated rings. The van der Waals surface area contributed by atoms with Crippen molar-refractivity contribution in [3.63, 3.8) is 0 Å². The first-order valence-electron chi connectivity index (χ1n) is 6.98. The van der Waals surface area contributed by atoms with Gasteiger partial charge in [-0.2, -0.15) is 0 Å². The quantitative estimate of drug-likeness (QED) is 0.883. The van der Waals surface area contributed by atoms with Crippen LogP contribution < -0.4 is 5.32 Å². The summed E-state index contributed by atoms with van der Waals surface area (Å²) in [6, 6.07) is -0.0301. The number of amides is 1. The summed E-state index contributed by atoms with van der Waals surface area (Å²) >= 11 is 0. The Balaban J connectivity index is 1.67. The first kappa shape index (κ1) is 11.7. The Kier molecular flexibility index (Phi) is 3.06. The minimum Gasteiger partial charge on any atom is -0.346 e. The van der Waals surface area contributed by atoms with Gasteiger partial charge >= 0.3 is 0 Å². The highest BCUT2D eigenvalue weighted by Gasteiger charge is 2.26. The maximum absolute atomic E-state index is 12.1. The molecule has 0 saturated heterocycles. The molecule has 1 aliphatic heterocycles. The van der Waals surface area contributed by atoms with Crippen molar-refractivity contribution in [2.45, 2.75) is 58.0 Å². The molecule has 98 valence electrons. The van der Waals surface area contributed by atoms with Gasteiger partial charge in [-0.3, -0.25) is 4.79 Å². The number of nitrogens with one attached hydrogen (secondary N) is 1. The van der Waals surface area contributed by atoms with E-state index in [9.17, 15) is 4.79 Å². The number of aromatic nitrogens is 3. The van der Waals surface area contributed by atoms with Crippen LogP contribution in [0.3, 0.4) is 0 Å². The van der Waals surface area contributed by atoms with Gasteiger partial charge in [0.1, 0.15) is 5.82 Å². The van der Waals surface area contributed by atoms with Crippen molar-refractivity contribution < 1.29 is 4.79 Å². The van der Waals surface area contributed by atoms with Crippen LogP contribution in [0.5, 0.6) is 0 Å². The van der Waals surface area contributed by atoms with Crippen molar-refractivity contribution in [1.82, 2.24) is 20.1 Å². The Labute approximate surface area is 107 Å². The minimum absolute atomic E-state index is 0.0301. The lowest BCUT2D eigenvalue weighted by atomic mass is 10.1. The zero-order valence-corrected chi connectivity index (χ0v) is 10.9. The lowest BCUT2D eigenvalue weighted by molar-refractivity contribution is -0.125. The Morgan fingerprint density at radius 3 is 2.89 bits per heavy atom. The van der Waals surface area contributed by atoms with E-state index >= 15 is 0 Å². The van der Waals surface area contributed by atoms with Crippen LogP contribution in [0.4, 0.5) is 0 Å². The summed E-state index contributed by atoms with van der Waals surface area (Å²) in [6.07, 6.45) is 6.60. The summed E-state index contributed by atoms with van der Waals surface area (Å²) in [5.74, 6) is 2.38. The summed E-state index contributed by atoms with van der Waals surface area (Å²) in [6.45, 7) is 2.99. The molecule has 0 radical (unpaired) electrons. The van der Waals surface area contributed by atoms with Gasteiger partial charge in [0.2, 0.25) is 5.91 Å². The standard InChI is InChI=1S/C13H20N4O/c1-9(14-13(18)10-5-2-3-6-10)12-16-15-11-7-4-8-17(11)12/h9-10H,2-8H2,1H3,(H,14,18). The van der Waals surface area contributed by atoms with E-state index in [0.717, 1.165) is 43.9 Å². The van der Waals surface area contributed by atoms with Gasteiger partial charge in [-0.1, -0.05) is 12.8 Å². The third-order valence-corrected chi connectivity index (χ3v) is 4.11. The van der Waals surface area contributed by atoms with Crippen molar-refractivity contribution in [3.05, 3.63) is 11.6 Å². The molecule has 0 spiro atoms. The first-order chi connectivity index (χ1) is 8.75. The number of nitrogens with zero attached hydrogens (tertiary/aromatic N) is 3. The highest BCUT2D eigenvalue weighted by atomic mass is 16.1. The largest absolute Gasteiger partial charge is 0.346 e. The second kappa shape index (κ2) is 4.71. The molecule has 1 aliphatic carbocycles. The summed E-state index contributed by atoms with van der Waals surface area (Å²) in [7, 11) is 0. The number of fused-ring (bicyclic) bond motifs is 1. The number of rotatable bonds is 3. The molecular formula is C13H20N4O. The normalized spacial score (nSPS) is 20.9. The van der Waals surface area contributed by atoms with Crippen LogP contribution in [0.2, 0.25) is 0 Å². The lowest BCUT2D eigenvalue weighted by Crippen LogP contribution is -2.33. The van der Waals surface area contributed by atoms with Crippen molar-refractivity contribution in [2.75, 3.05) is 0 Å². The average molecular weight is 248 g/mol. The van der Waals surface area contributed by atoms with Crippen molar-refractivity contribution >= 4 is 5.91 Å². The van der Waals surface area contributed by atoms with Gasteiger partial charge in [0.25, 0.3) is 0 Å². The Bertz CT molecular complexity index is 448. The van der Waals surface area contributed by atoms with Gasteiger partial charge in [-0.05, 0) is 26.2 Å². The van der Waals surface area contributed by atoms with Crippen LogP contribution in [-0.4, -0.2) is 20.7 Å². The molecule has 5 heteroatoms. The number of carbonyl (C=O) groups is 1. The Morgan fingerprint density at radius 2 is 2.11 bits per heavy atom. The number of hydrogen-bond donors (Lipinski definition) is 1. The highest BCUT2D eigenvalue weighted by molar-refractivity contribution is 5.79. The molecular weight excluding hydrogens is 228 g/mol. The van der Waals surface area contributed by atoms with E-state index in [1.54, 1.807) is 0 Å². The van der Waals surface area contributed by atoms with Gasteiger partial charge in [0.15, 0.2) is 5.82 Å². The SMILES string of the molecule is CC(NC(=O)C1CCCC1)c1nnc2n1CCC2. The van der Waals surface area contributed by atoms with Crippen LogP contribution in [0.1, 0.15) is 56.7 Å². The third-order valence-electron chi connectivity index (χ3n) is 4.11. The summed E-state index contributed by atoms with van der Waals surface area (Å²) in [4.78, 5) is 12.1. The van der Waals surface area contributed by atoms with Gasteiger partial charge in [0, 0.05) is 18.9 Å². The van der Waals surface area contributed by atoms with Crippen LogP contribution in [-0.2, 0) is 17.8 Å². The fourth-order valence-corrected chi connectivity index (χ4v) is 3.08. The molecule has 2 aliphatic rings. The van der Waals surface area contributed by atoms with E-state index in [2.05, 4.69) is 20.1 Å². The summed E-state index contributed by atoms with van der Waals surface area (Å²) in [5, 5.41) is 11.5. The van der Waals surface area contributed by atoms with E-state index < -0.39 is 0 Å². The monoisotopic (exact) mass is 248 g/mol. The zero-order valence-electron chi connectivity index (χ0n) is 10.9. The molecule has 3 rings (SSSR count). The molecule has 1 N–H and O–H groups in total. The number of hydrogen-bond acceptors (Lipinski definition) is 3. The van der Waals surface area contributed by atoms with Gasteiger partial charge < -0.3 is 9.88 Å². The third kappa shape index (κ3) is 2.02. The van der Waals surface area contributed by atoms with Crippen LogP contribution >= 0.6 is 0 Å². The van der Waals surface area contributed by atoms with Gasteiger partial charge in [0.05, 0.1) is 6.04 Å². The molecule has 5 nitrogen and oxygen atoms in total. The van der Waals surface area contributed by atoms with Crippen LogP contribution in [0.25, 0.3) is 0 Å². The highest BCUT2D eigenvalue weighted by Crippen LogP contribution is 2.26. The zero-order chi connectivity index (χ0) is 12.5. The Morgan fingerprint density at radius 1 is 1.33 bits per heavy atom. The minimum atomic E-state index is -0.0301. The van der Waals surface area contributed by atoms with Gasteiger partial charge in [-0.15, -0.1) is 10.2 Å². The van der Waals surface area contributed by atoms with Crippen LogP contribution in [0.15, 0.2) is 0 Å². The fraction of sp³-hybridized carbons (Fsp3) is 0.769. The molecule has 1 amide bonds. The fourth-order valence-electron chi connectivity index (χ4n) is 3.08. The van der Waals surface area contributed by atoms with E-state index in [1.165, 1.54) is 12.8 Å². The van der Waals surface area contributed by atoms with Crippen molar-refractivity contribution in [1.29, 1.82) is 0 Å². The molecule has 1 aromatic rings.